The standard InChI is InChI=1S/C13H24O2/c1-2-3-10-15-11-9-12-7-5-4-6-8-13(12)14/h12H,2-11H2,1H3. The Morgan fingerprint density at radius 3 is 2.93 bits per heavy atom. The molecule has 1 fully saturated rings. The first-order chi connectivity index (χ1) is 7.34. The van der Waals surface area contributed by atoms with Gasteiger partial charge in [0.2, 0.25) is 0 Å². The van der Waals surface area contributed by atoms with E-state index in [1.807, 2.05) is 0 Å². The summed E-state index contributed by atoms with van der Waals surface area (Å²) in [6.45, 7) is 3.80. The first kappa shape index (κ1) is 12.7. The second-order valence-corrected chi connectivity index (χ2v) is 4.52. The molecule has 1 unspecified atom stereocenters. The second kappa shape index (κ2) is 7.86. The Morgan fingerprint density at radius 1 is 1.27 bits per heavy atom. The molecule has 2 nitrogen and oxygen atoms in total. The van der Waals surface area contributed by atoms with Gasteiger partial charge < -0.3 is 4.74 Å². The highest BCUT2D eigenvalue weighted by Gasteiger charge is 2.19. The van der Waals surface area contributed by atoms with Gasteiger partial charge in [0.15, 0.2) is 0 Å². The third-order valence-electron chi connectivity index (χ3n) is 3.18. The molecule has 0 saturated heterocycles. The molecule has 1 atom stereocenters. The summed E-state index contributed by atoms with van der Waals surface area (Å²) in [7, 11) is 0. The van der Waals surface area contributed by atoms with Crippen LogP contribution in [0.25, 0.3) is 0 Å². The van der Waals surface area contributed by atoms with Gasteiger partial charge in [0, 0.05) is 25.6 Å². The third kappa shape index (κ3) is 5.31. The number of carbonyl (C=O) groups excluding carboxylic acids is 1. The van der Waals surface area contributed by atoms with Crippen LogP contribution in [0.3, 0.4) is 0 Å². The van der Waals surface area contributed by atoms with Gasteiger partial charge >= 0.3 is 0 Å². The molecule has 0 N–H and O–H groups in total. The van der Waals surface area contributed by atoms with E-state index in [-0.39, 0.29) is 0 Å². The van der Waals surface area contributed by atoms with Crippen molar-refractivity contribution in [3.63, 3.8) is 0 Å². The van der Waals surface area contributed by atoms with E-state index in [1.165, 1.54) is 19.3 Å². The molecule has 0 heterocycles. The zero-order valence-electron chi connectivity index (χ0n) is 9.96. The molecule has 0 radical (unpaired) electrons. The van der Waals surface area contributed by atoms with Crippen molar-refractivity contribution in [3.8, 4) is 0 Å². The quantitative estimate of drug-likeness (QED) is 0.498. The van der Waals surface area contributed by atoms with Crippen molar-refractivity contribution in [3.05, 3.63) is 0 Å². The average Bonchev–Trinajstić information content (AvgIpc) is 2.44. The lowest BCUT2D eigenvalue weighted by Crippen LogP contribution is -2.15. The fraction of sp³-hybridized carbons (Fsp3) is 0.923. The van der Waals surface area contributed by atoms with Gasteiger partial charge in [-0.25, -0.2) is 0 Å². The van der Waals surface area contributed by atoms with Crippen LogP contribution in [0.1, 0.15) is 58.3 Å². The smallest absolute Gasteiger partial charge is 0.136 e. The SMILES string of the molecule is CCCCOCCC1CCCCCC1=O. The molecular weight excluding hydrogens is 188 g/mol. The summed E-state index contributed by atoms with van der Waals surface area (Å²) in [6.07, 6.45) is 8.73. The van der Waals surface area contributed by atoms with Crippen molar-refractivity contribution in [2.24, 2.45) is 5.92 Å². The van der Waals surface area contributed by atoms with Gasteiger partial charge in [-0.15, -0.1) is 0 Å². The zero-order chi connectivity index (χ0) is 10.9. The number of unbranched alkanes of at least 4 members (excludes halogenated alkanes) is 1. The molecule has 88 valence electrons. The Bertz CT molecular complexity index is 177. The maximum absolute atomic E-state index is 11.7. The predicted molar refractivity (Wildman–Crippen MR) is 61.9 cm³/mol. The van der Waals surface area contributed by atoms with Gasteiger partial charge in [0.25, 0.3) is 0 Å². The van der Waals surface area contributed by atoms with Crippen molar-refractivity contribution in [1.29, 1.82) is 0 Å². The number of hydrogen-bond donors (Lipinski definition) is 0. The van der Waals surface area contributed by atoms with Gasteiger partial charge in [-0.1, -0.05) is 26.2 Å². The molecule has 0 aromatic carbocycles. The Balaban J connectivity index is 2.10. The Hall–Kier alpha value is -0.370. The van der Waals surface area contributed by atoms with Crippen molar-refractivity contribution in [2.75, 3.05) is 13.2 Å². The van der Waals surface area contributed by atoms with E-state index in [0.717, 1.165) is 45.3 Å². The van der Waals surface area contributed by atoms with Gasteiger partial charge in [0.1, 0.15) is 5.78 Å². The van der Waals surface area contributed by atoms with E-state index < -0.39 is 0 Å². The topological polar surface area (TPSA) is 26.3 Å². The highest BCUT2D eigenvalue weighted by molar-refractivity contribution is 5.81. The van der Waals surface area contributed by atoms with E-state index in [2.05, 4.69) is 6.92 Å². The van der Waals surface area contributed by atoms with Gasteiger partial charge in [-0.2, -0.15) is 0 Å². The molecule has 2 heteroatoms. The fourth-order valence-electron chi connectivity index (χ4n) is 2.11. The van der Waals surface area contributed by atoms with E-state index in [0.29, 0.717) is 11.7 Å². The molecule has 1 aliphatic rings. The molecule has 15 heavy (non-hydrogen) atoms. The normalized spacial score (nSPS) is 22.7. The van der Waals surface area contributed by atoms with Crippen molar-refractivity contribution in [2.45, 2.75) is 58.3 Å². The lowest BCUT2D eigenvalue weighted by Gasteiger charge is -2.12. The lowest BCUT2D eigenvalue weighted by atomic mass is 9.96. The van der Waals surface area contributed by atoms with E-state index in [9.17, 15) is 4.79 Å². The first-order valence-electron chi connectivity index (χ1n) is 6.45. The molecule has 0 spiro atoms. The van der Waals surface area contributed by atoms with Crippen LogP contribution < -0.4 is 0 Å². The Kier molecular flexibility index (Phi) is 6.66. The van der Waals surface area contributed by atoms with Crippen LogP contribution in [0.15, 0.2) is 0 Å². The van der Waals surface area contributed by atoms with Crippen molar-refractivity contribution in [1.82, 2.24) is 0 Å². The summed E-state index contributed by atoms with van der Waals surface area (Å²) in [5, 5.41) is 0. The number of ketones is 1. The van der Waals surface area contributed by atoms with Crippen LogP contribution in [0.4, 0.5) is 0 Å². The van der Waals surface area contributed by atoms with Crippen LogP contribution in [-0.4, -0.2) is 19.0 Å². The van der Waals surface area contributed by atoms with Gasteiger partial charge in [0.05, 0.1) is 0 Å². The maximum atomic E-state index is 11.7. The van der Waals surface area contributed by atoms with Gasteiger partial charge in [-0.3, -0.25) is 4.79 Å². The van der Waals surface area contributed by atoms with Crippen LogP contribution in [-0.2, 0) is 9.53 Å². The minimum atomic E-state index is 0.300. The highest BCUT2D eigenvalue weighted by Crippen LogP contribution is 2.22. The lowest BCUT2D eigenvalue weighted by molar-refractivity contribution is -0.123. The Morgan fingerprint density at radius 2 is 2.13 bits per heavy atom. The summed E-state index contributed by atoms with van der Waals surface area (Å²) in [5.74, 6) is 0.778. The Labute approximate surface area is 93.4 Å². The molecule has 0 aromatic heterocycles. The molecule has 1 saturated carbocycles. The highest BCUT2D eigenvalue weighted by atomic mass is 16.5. The molecule has 1 aliphatic carbocycles. The minimum Gasteiger partial charge on any atom is -0.381 e. The third-order valence-corrected chi connectivity index (χ3v) is 3.18. The largest absolute Gasteiger partial charge is 0.381 e. The van der Waals surface area contributed by atoms with Crippen LogP contribution in [0.5, 0.6) is 0 Å². The number of hydrogen-bond acceptors (Lipinski definition) is 2. The number of ether oxygens (including phenoxy) is 1. The average molecular weight is 212 g/mol. The molecule has 0 aliphatic heterocycles. The summed E-state index contributed by atoms with van der Waals surface area (Å²) in [4.78, 5) is 11.7. The number of Topliss-reactive ketones (excluding diaryl/α,β-unsaturated/α-hetero) is 1. The van der Waals surface area contributed by atoms with Crippen LogP contribution in [0, 0.1) is 5.92 Å². The zero-order valence-corrected chi connectivity index (χ0v) is 9.96. The molecule has 0 aromatic rings. The second-order valence-electron chi connectivity index (χ2n) is 4.52. The molecule has 0 bridgehead atoms. The maximum Gasteiger partial charge on any atom is 0.136 e. The fourth-order valence-corrected chi connectivity index (χ4v) is 2.11. The first-order valence-corrected chi connectivity index (χ1v) is 6.45. The monoisotopic (exact) mass is 212 g/mol. The summed E-state index contributed by atoms with van der Waals surface area (Å²) < 4.78 is 5.51. The predicted octanol–water partition coefficient (Wildman–Crippen LogP) is 3.34. The minimum absolute atomic E-state index is 0.300. The molecular formula is C13H24O2. The van der Waals surface area contributed by atoms with Gasteiger partial charge in [-0.05, 0) is 25.7 Å². The van der Waals surface area contributed by atoms with E-state index >= 15 is 0 Å². The van der Waals surface area contributed by atoms with E-state index in [1.54, 1.807) is 0 Å². The molecule has 1 rings (SSSR count). The van der Waals surface area contributed by atoms with Crippen molar-refractivity contribution < 1.29 is 9.53 Å². The molecule has 0 amide bonds. The van der Waals surface area contributed by atoms with Crippen LogP contribution in [0.2, 0.25) is 0 Å². The summed E-state index contributed by atoms with van der Waals surface area (Å²) in [5.41, 5.74) is 0. The van der Waals surface area contributed by atoms with E-state index in [4.69, 9.17) is 4.74 Å². The summed E-state index contributed by atoms with van der Waals surface area (Å²) in [6, 6.07) is 0. The van der Waals surface area contributed by atoms with Crippen molar-refractivity contribution >= 4 is 5.78 Å². The number of carbonyl (C=O) groups is 1. The van der Waals surface area contributed by atoms with Crippen LogP contribution >= 0.6 is 0 Å². The number of rotatable bonds is 6. The summed E-state index contributed by atoms with van der Waals surface area (Å²) >= 11 is 0.